The monoisotopic (exact) mass is 460 g/mol. The zero-order valence-corrected chi connectivity index (χ0v) is 19.8. The second-order valence-electron chi connectivity index (χ2n) is 8.72. The van der Waals surface area contributed by atoms with Gasteiger partial charge >= 0.3 is 0 Å². The second kappa shape index (κ2) is 9.81. The van der Waals surface area contributed by atoms with Crippen LogP contribution in [0.3, 0.4) is 0 Å². The quantitative estimate of drug-likeness (QED) is 0.257. The van der Waals surface area contributed by atoms with Crippen molar-refractivity contribution in [2.24, 2.45) is 0 Å². The van der Waals surface area contributed by atoms with Crippen molar-refractivity contribution in [3.8, 4) is 56.2 Å². The van der Waals surface area contributed by atoms with Gasteiger partial charge in [-0.25, -0.2) is 9.97 Å². The van der Waals surface area contributed by atoms with E-state index in [2.05, 4.69) is 97.1 Å². The molecule has 0 spiro atoms. The lowest BCUT2D eigenvalue weighted by Gasteiger charge is -2.13. The van der Waals surface area contributed by atoms with Gasteiger partial charge in [-0.3, -0.25) is 0 Å². The number of aromatic nitrogens is 2. The molecule has 2 heteroatoms. The molecular weight excluding hydrogens is 436 g/mol. The largest absolute Gasteiger partial charge is 0.246 e. The first-order valence-corrected chi connectivity index (χ1v) is 12.1. The summed E-state index contributed by atoms with van der Waals surface area (Å²) in [7, 11) is 0. The molecule has 2 heterocycles. The molecule has 0 unspecified atom stereocenters. The Bertz CT molecular complexity index is 1350. The summed E-state index contributed by atoms with van der Waals surface area (Å²) < 4.78 is 0. The molecule has 36 heavy (non-hydrogen) atoms. The van der Waals surface area contributed by atoms with Crippen LogP contribution in [0.2, 0.25) is 0 Å². The van der Waals surface area contributed by atoms with E-state index in [-0.39, 0.29) is 0 Å². The minimum Gasteiger partial charge on any atom is -0.246 e. The van der Waals surface area contributed by atoms with Gasteiger partial charge in [0.2, 0.25) is 0 Å². The number of nitrogens with zero attached hydrogens (tertiary/aromatic N) is 2. The third-order valence-electron chi connectivity index (χ3n) is 6.27. The highest BCUT2D eigenvalue weighted by atomic mass is 14.8. The van der Waals surface area contributed by atoms with Crippen LogP contribution < -0.4 is 0 Å². The fraction of sp³-hybridized carbons (Fsp3) is 0. The summed E-state index contributed by atoms with van der Waals surface area (Å²) in [4.78, 5) is 10.2. The van der Waals surface area contributed by atoms with Gasteiger partial charge in [-0.2, -0.15) is 0 Å². The van der Waals surface area contributed by atoms with Gasteiger partial charge in [0.15, 0.2) is 0 Å². The third kappa shape index (κ3) is 4.57. The molecule has 0 atom stereocenters. The van der Waals surface area contributed by atoms with Crippen LogP contribution in [0.4, 0.5) is 0 Å². The van der Waals surface area contributed by atoms with Gasteiger partial charge in [0.25, 0.3) is 0 Å². The van der Waals surface area contributed by atoms with Crippen molar-refractivity contribution < 1.29 is 0 Å². The van der Waals surface area contributed by atoms with E-state index in [4.69, 9.17) is 9.97 Å². The number of rotatable bonds is 5. The molecule has 0 radical (unpaired) electrons. The number of hydrogen-bond donors (Lipinski definition) is 0. The van der Waals surface area contributed by atoms with Crippen LogP contribution in [0.25, 0.3) is 56.2 Å². The van der Waals surface area contributed by atoms with E-state index in [1.54, 1.807) is 0 Å². The summed E-state index contributed by atoms with van der Waals surface area (Å²) in [5.41, 5.74) is 10.3. The van der Waals surface area contributed by atoms with E-state index >= 15 is 0 Å². The molecule has 0 bridgehead atoms. The molecule has 0 aliphatic heterocycles. The maximum Gasteiger partial charge on any atom is 0.0900 e. The zero-order valence-electron chi connectivity index (χ0n) is 19.8. The van der Waals surface area contributed by atoms with Crippen LogP contribution in [0.1, 0.15) is 0 Å². The normalized spacial score (nSPS) is 10.8. The summed E-state index contributed by atoms with van der Waals surface area (Å²) >= 11 is 0. The first kappa shape index (κ1) is 21.7. The molecule has 0 aliphatic rings. The minimum absolute atomic E-state index is 0.852. The fourth-order valence-corrected chi connectivity index (χ4v) is 4.43. The van der Waals surface area contributed by atoms with Crippen molar-refractivity contribution >= 4 is 0 Å². The lowest BCUT2D eigenvalue weighted by atomic mass is 9.99. The predicted molar refractivity (Wildman–Crippen MR) is 149 cm³/mol. The van der Waals surface area contributed by atoms with Gasteiger partial charge in [-0.05, 0) is 46.5 Å². The van der Waals surface area contributed by atoms with Gasteiger partial charge in [-0.15, -0.1) is 0 Å². The lowest BCUT2D eigenvalue weighted by Crippen LogP contribution is -1.95. The highest BCUT2D eigenvalue weighted by Crippen LogP contribution is 2.33. The Balaban J connectivity index is 1.58. The van der Waals surface area contributed by atoms with Crippen molar-refractivity contribution in [3.63, 3.8) is 0 Å². The average molecular weight is 461 g/mol. The molecule has 0 saturated carbocycles. The van der Waals surface area contributed by atoms with Crippen molar-refractivity contribution in [3.05, 3.63) is 146 Å². The third-order valence-corrected chi connectivity index (χ3v) is 6.27. The van der Waals surface area contributed by atoms with Gasteiger partial charge in [0, 0.05) is 11.1 Å². The Labute approximate surface area is 211 Å². The first-order valence-electron chi connectivity index (χ1n) is 12.1. The lowest BCUT2D eigenvalue weighted by molar-refractivity contribution is 1.25. The van der Waals surface area contributed by atoms with E-state index < -0.39 is 0 Å². The first-order chi connectivity index (χ1) is 17.8. The molecule has 0 aliphatic carbocycles. The molecule has 4 aromatic carbocycles. The summed E-state index contributed by atoms with van der Waals surface area (Å²) in [5.74, 6) is 0. The minimum atomic E-state index is 0.852. The van der Waals surface area contributed by atoms with E-state index in [0.29, 0.717) is 0 Å². The maximum absolute atomic E-state index is 5.11. The molecule has 2 nitrogen and oxygen atoms in total. The molecule has 0 fully saturated rings. The topological polar surface area (TPSA) is 25.8 Å². The SMILES string of the molecule is c1ccc(-c2cc(-c3ccccc3)nc(-c3cc(-c4ccccc4)cc(-c4ccccc4)n3)c2)cc1. The molecule has 0 N–H and O–H groups in total. The number of pyridine rings is 2. The van der Waals surface area contributed by atoms with Gasteiger partial charge in [0.1, 0.15) is 0 Å². The van der Waals surface area contributed by atoms with E-state index in [0.717, 1.165) is 56.2 Å². The Morgan fingerprint density at radius 1 is 0.250 bits per heavy atom. The van der Waals surface area contributed by atoms with Crippen molar-refractivity contribution in [2.45, 2.75) is 0 Å². The Hall–Kier alpha value is -4.82. The molecule has 0 amide bonds. The van der Waals surface area contributed by atoms with Crippen LogP contribution in [0.5, 0.6) is 0 Å². The van der Waals surface area contributed by atoms with Crippen LogP contribution in [0.15, 0.2) is 146 Å². The Morgan fingerprint density at radius 3 is 0.861 bits per heavy atom. The molecule has 6 rings (SSSR count). The standard InChI is InChI=1S/C34H24N2/c1-5-13-25(14-6-1)29-21-31(27-17-9-3-10-18-27)35-33(23-29)34-24-30(26-15-7-2-8-16-26)22-32(36-34)28-19-11-4-12-20-28/h1-24H. The molecule has 0 saturated heterocycles. The summed E-state index contributed by atoms with van der Waals surface area (Å²) in [6, 6.07) is 50.2. The summed E-state index contributed by atoms with van der Waals surface area (Å²) in [6.45, 7) is 0. The van der Waals surface area contributed by atoms with Gasteiger partial charge in [-0.1, -0.05) is 121 Å². The van der Waals surface area contributed by atoms with Crippen LogP contribution >= 0.6 is 0 Å². The smallest absolute Gasteiger partial charge is 0.0900 e. The molecular formula is C34H24N2. The average Bonchev–Trinajstić information content (AvgIpc) is 2.98. The van der Waals surface area contributed by atoms with E-state index in [1.165, 1.54) is 0 Å². The second-order valence-corrected chi connectivity index (χ2v) is 8.72. The highest BCUT2D eigenvalue weighted by Gasteiger charge is 2.13. The number of hydrogen-bond acceptors (Lipinski definition) is 2. The summed E-state index contributed by atoms with van der Waals surface area (Å²) in [6.07, 6.45) is 0. The van der Waals surface area contributed by atoms with E-state index in [1.807, 2.05) is 48.5 Å². The molecule has 2 aromatic heterocycles. The van der Waals surface area contributed by atoms with Crippen LogP contribution in [-0.2, 0) is 0 Å². The predicted octanol–water partition coefficient (Wildman–Crippen LogP) is 8.81. The zero-order chi connectivity index (χ0) is 24.2. The van der Waals surface area contributed by atoms with Gasteiger partial charge < -0.3 is 0 Å². The van der Waals surface area contributed by atoms with Crippen molar-refractivity contribution in [1.29, 1.82) is 0 Å². The van der Waals surface area contributed by atoms with Crippen molar-refractivity contribution in [2.75, 3.05) is 0 Å². The molecule has 6 aromatic rings. The summed E-state index contributed by atoms with van der Waals surface area (Å²) in [5, 5.41) is 0. The van der Waals surface area contributed by atoms with E-state index in [9.17, 15) is 0 Å². The van der Waals surface area contributed by atoms with Crippen LogP contribution in [0, 0.1) is 0 Å². The molecule has 170 valence electrons. The fourth-order valence-electron chi connectivity index (χ4n) is 4.43. The number of benzene rings is 4. The Morgan fingerprint density at radius 2 is 0.528 bits per heavy atom. The van der Waals surface area contributed by atoms with Crippen molar-refractivity contribution in [1.82, 2.24) is 9.97 Å². The maximum atomic E-state index is 5.11. The Kier molecular flexibility index (Phi) is 5.91. The van der Waals surface area contributed by atoms with Gasteiger partial charge in [0.05, 0.1) is 22.8 Å². The highest BCUT2D eigenvalue weighted by molar-refractivity contribution is 5.79. The van der Waals surface area contributed by atoms with Crippen LogP contribution in [-0.4, -0.2) is 9.97 Å².